The van der Waals surface area contributed by atoms with Crippen molar-refractivity contribution >= 4 is 5.91 Å². The number of benzene rings is 1. The number of aliphatic hydroxyl groups excluding tert-OH is 1. The van der Waals surface area contributed by atoms with E-state index in [2.05, 4.69) is 9.97 Å². The third-order valence-electron chi connectivity index (χ3n) is 2.91. The van der Waals surface area contributed by atoms with Crippen LogP contribution in [0.25, 0.3) is 0 Å². The number of ether oxygens (including phenoxy) is 1. The number of imidazole rings is 1. The summed E-state index contributed by atoms with van der Waals surface area (Å²) in [6, 6.07) is 7.47. The molecule has 1 heterocycles. The van der Waals surface area contributed by atoms with Crippen LogP contribution in [-0.4, -0.2) is 46.1 Å². The Balaban J connectivity index is 2.19. The maximum atomic E-state index is 12.3. The molecule has 0 aliphatic rings. The molecule has 1 aromatic carbocycles. The lowest BCUT2D eigenvalue weighted by Crippen LogP contribution is -2.33. The van der Waals surface area contributed by atoms with E-state index < -0.39 is 0 Å². The van der Waals surface area contributed by atoms with Crippen molar-refractivity contribution in [2.45, 2.75) is 6.54 Å². The van der Waals surface area contributed by atoms with Gasteiger partial charge in [0, 0.05) is 31.0 Å². The lowest BCUT2D eigenvalue weighted by molar-refractivity contribution is 0.0695. The number of methoxy groups -OCH3 is 1. The fraction of sp³-hybridized carbons (Fsp3) is 0.286. The van der Waals surface area contributed by atoms with E-state index in [0.29, 0.717) is 12.3 Å². The summed E-state index contributed by atoms with van der Waals surface area (Å²) in [5.41, 5.74) is 0.878. The Morgan fingerprint density at radius 1 is 1.45 bits per heavy atom. The number of nitrogens with zero attached hydrogens (tertiary/aromatic N) is 2. The summed E-state index contributed by atoms with van der Waals surface area (Å²) in [7, 11) is 1.59. The number of carbonyl (C=O) groups excluding carboxylic acids is 1. The van der Waals surface area contributed by atoms with Gasteiger partial charge in [-0.2, -0.15) is 0 Å². The molecule has 6 nitrogen and oxygen atoms in total. The number of para-hydroxylation sites is 1. The Labute approximate surface area is 117 Å². The molecule has 2 aromatic rings. The number of carbonyl (C=O) groups is 1. The smallest absolute Gasteiger partial charge is 0.290 e. The highest BCUT2D eigenvalue weighted by Gasteiger charge is 2.19. The molecule has 106 valence electrons. The lowest BCUT2D eigenvalue weighted by atomic mass is 10.2. The predicted octanol–water partition coefficient (Wildman–Crippen LogP) is 1.05. The van der Waals surface area contributed by atoms with Crippen molar-refractivity contribution in [1.29, 1.82) is 0 Å². The van der Waals surface area contributed by atoms with Crippen LogP contribution in [0.3, 0.4) is 0 Å². The summed E-state index contributed by atoms with van der Waals surface area (Å²) in [5.74, 6) is 0.714. The number of hydrogen-bond donors (Lipinski definition) is 2. The highest BCUT2D eigenvalue weighted by atomic mass is 16.5. The molecular weight excluding hydrogens is 258 g/mol. The van der Waals surface area contributed by atoms with Crippen LogP contribution in [0.4, 0.5) is 0 Å². The molecule has 20 heavy (non-hydrogen) atoms. The van der Waals surface area contributed by atoms with Crippen LogP contribution in [0.2, 0.25) is 0 Å². The first-order chi connectivity index (χ1) is 9.76. The summed E-state index contributed by atoms with van der Waals surface area (Å²) in [6.07, 6.45) is 3.11. The Kier molecular flexibility index (Phi) is 4.73. The second kappa shape index (κ2) is 6.72. The van der Waals surface area contributed by atoms with Gasteiger partial charge in [-0.1, -0.05) is 18.2 Å². The first-order valence-corrected chi connectivity index (χ1v) is 6.27. The van der Waals surface area contributed by atoms with Gasteiger partial charge in [0.15, 0.2) is 5.82 Å². The van der Waals surface area contributed by atoms with Crippen molar-refractivity contribution in [2.24, 2.45) is 0 Å². The van der Waals surface area contributed by atoms with Gasteiger partial charge in [-0.05, 0) is 6.07 Å². The molecular formula is C14H17N3O3. The van der Waals surface area contributed by atoms with Crippen molar-refractivity contribution in [2.75, 3.05) is 20.3 Å². The van der Waals surface area contributed by atoms with Gasteiger partial charge in [-0.25, -0.2) is 4.98 Å². The van der Waals surface area contributed by atoms with Crippen molar-refractivity contribution in [3.63, 3.8) is 0 Å². The van der Waals surface area contributed by atoms with Gasteiger partial charge in [0.2, 0.25) is 0 Å². The van der Waals surface area contributed by atoms with Gasteiger partial charge in [-0.3, -0.25) is 4.79 Å². The molecule has 0 aliphatic heterocycles. The predicted molar refractivity (Wildman–Crippen MR) is 73.4 cm³/mol. The summed E-state index contributed by atoms with van der Waals surface area (Å²) in [4.78, 5) is 20.5. The van der Waals surface area contributed by atoms with E-state index in [4.69, 9.17) is 9.84 Å². The van der Waals surface area contributed by atoms with E-state index in [0.717, 1.165) is 5.56 Å². The van der Waals surface area contributed by atoms with Gasteiger partial charge in [0.1, 0.15) is 5.75 Å². The molecule has 0 atom stereocenters. The summed E-state index contributed by atoms with van der Waals surface area (Å²) < 4.78 is 5.27. The molecule has 2 N–H and O–H groups in total. The highest BCUT2D eigenvalue weighted by molar-refractivity contribution is 5.90. The highest BCUT2D eigenvalue weighted by Crippen LogP contribution is 2.19. The third-order valence-corrected chi connectivity index (χ3v) is 2.91. The molecule has 0 saturated carbocycles. The third kappa shape index (κ3) is 3.16. The number of aromatic amines is 1. The van der Waals surface area contributed by atoms with E-state index >= 15 is 0 Å². The van der Waals surface area contributed by atoms with Crippen LogP contribution < -0.4 is 4.74 Å². The molecule has 0 bridgehead atoms. The first kappa shape index (κ1) is 14.1. The molecule has 0 spiro atoms. The minimum atomic E-state index is -0.255. The van der Waals surface area contributed by atoms with E-state index in [9.17, 15) is 4.79 Å². The van der Waals surface area contributed by atoms with E-state index in [1.54, 1.807) is 13.3 Å². The van der Waals surface area contributed by atoms with Crippen LogP contribution in [0.15, 0.2) is 36.7 Å². The zero-order valence-electron chi connectivity index (χ0n) is 11.2. The van der Waals surface area contributed by atoms with Gasteiger partial charge >= 0.3 is 0 Å². The molecule has 0 aliphatic carbocycles. The Hall–Kier alpha value is -2.34. The van der Waals surface area contributed by atoms with Crippen molar-refractivity contribution in [3.05, 3.63) is 48.0 Å². The number of amides is 1. The Morgan fingerprint density at radius 2 is 2.25 bits per heavy atom. The summed E-state index contributed by atoms with van der Waals surface area (Å²) in [6.45, 7) is 0.475. The van der Waals surface area contributed by atoms with Gasteiger partial charge < -0.3 is 19.7 Å². The zero-order valence-corrected chi connectivity index (χ0v) is 11.2. The SMILES string of the molecule is COc1ccccc1CN(CCO)C(=O)c1ncc[nH]1. The van der Waals surface area contributed by atoms with Gasteiger partial charge in [0.05, 0.1) is 13.7 Å². The number of aliphatic hydroxyl groups is 1. The Bertz CT molecular complexity index is 555. The van der Waals surface area contributed by atoms with Crippen LogP contribution in [0, 0.1) is 0 Å². The summed E-state index contributed by atoms with van der Waals surface area (Å²) in [5, 5.41) is 9.13. The molecule has 0 fully saturated rings. The van der Waals surface area contributed by atoms with E-state index in [1.165, 1.54) is 11.1 Å². The zero-order chi connectivity index (χ0) is 14.4. The number of aromatic nitrogens is 2. The molecule has 1 aromatic heterocycles. The first-order valence-electron chi connectivity index (χ1n) is 6.27. The molecule has 0 saturated heterocycles. The fourth-order valence-corrected chi connectivity index (χ4v) is 1.94. The minimum Gasteiger partial charge on any atom is -0.496 e. The lowest BCUT2D eigenvalue weighted by Gasteiger charge is -2.21. The quantitative estimate of drug-likeness (QED) is 0.826. The standard InChI is InChI=1S/C14H17N3O3/c1-20-12-5-3-2-4-11(12)10-17(8-9-18)14(19)13-15-6-7-16-13/h2-7,18H,8-10H2,1H3,(H,15,16). The number of rotatable bonds is 6. The number of nitrogens with one attached hydrogen (secondary N) is 1. The second-order valence-electron chi connectivity index (χ2n) is 4.20. The maximum Gasteiger partial charge on any atom is 0.290 e. The van der Waals surface area contributed by atoms with Crippen LogP contribution in [0.1, 0.15) is 16.2 Å². The maximum absolute atomic E-state index is 12.3. The fourth-order valence-electron chi connectivity index (χ4n) is 1.94. The molecule has 6 heteroatoms. The summed E-state index contributed by atoms with van der Waals surface area (Å²) >= 11 is 0. The van der Waals surface area contributed by atoms with E-state index in [1.807, 2.05) is 24.3 Å². The van der Waals surface area contributed by atoms with Crippen molar-refractivity contribution in [3.8, 4) is 5.75 Å². The monoisotopic (exact) mass is 275 g/mol. The van der Waals surface area contributed by atoms with Crippen LogP contribution in [0.5, 0.6) is 5.75 Å². The average molecular weight is 275 g/mol. The molecule has 0 radical (unpaired) electrons. The molecule has 2 rings (SSSR count). The van der Waals surface area contributed by atoms with Crippen molar-refractivity contribution in [1.82, 2.24) is 14.9 Å². The van der Waals surface area contributed by atoms with Crippen LogP contribution >= 0.6 is 0 Å². The normalized spacial score (nSPS) is 10.3. The van der Waals surface area contributed by atoms with Crippen LogP contribution in [-0.2, 0) is 6.54 Å². The second-order valence-corrected chi connectivity index (χ2v) is 4.20. The van der Waals surface area contributed by atoms with Gasteiger partial charge in [0.25, 0.3) is 5.91 Å². The minimum absolute atomic E-state index is 0.110. The number of H-pyrrole nitrogens is 1. The topological polar surface area (TPSA) is 78.5 Å². The van der Waals surface area contributed by atoms with Crippen molar-refractivity contribution < 1.29 is 14.6 Å². The Morgan fingerprint density at radius 3 is 2.90 bits per heavy atom. The molecule has 1 amide bonds. The van der Waals surface area contributed by atoms with E-state index in [-0.39, 0.29) is 24.9 Å². The number of hydrogen-bond acceptors (Lipinski definition) is 4. The van der Waals surface area contributed by atoms with Gasteiger partial charge in [-0.15, -0.1) is 0 Å². The average Bonchev–Trinajstić information content (AvgIpc) is 3.01. The largest absolute Gasteiger partial charge is 0.496 e. The molecule has 0 unspecified atom stereocenters.